The lowest BCUT2D eigenvalue weighted by atomic mass is 9.78. The molecule has 0 aliphatic carbocycles. The minimum Gasteiger partial charge on any atom is -0.444 e. The summed E-state index contributed by atoms with van der Waals surface area (Å²) in [6.07, 6.45) is 0.0276. The van der Waals surface area contributed by atoms with Crippen LogP contribution in [0.2, 0.25) is 0 Å². The van der Waals surface area contributed by atoms with Gasteiger partial charge >= 0.3 is 12.1 Å². The molecule has 0 spiro atoms. The van der Waals surface area contributed by atoms with Gasteiger partial charge in [0.2, 0.25) is 0 Å². The lowest BCUT2D eigenvalue weighted by Gasteiger charge is -2.29. The molecule has 0 radical (unpaired) electrons. The number of aliphatic hydroxyl groups is 1. The standard InChI is InChI=1S/C21H33NO5/c1-14-12-15(2)18(21(6,7)9-11-23)16(13-14)26-17(24)8-10-22-19(25)27-20(3,4)5/h12-13,23H,8-11H2,1-7H3,(H,22,25). The Morgan fingerprint density at radius 3 is 2.30 bits per heavy atom. The molecule has 6 heteroatoms. The fraction of sp³-hybridized carbons (Fsp3) is 0.619. The topological polar surface area (TPSA) is 84.9 Å². The van der Waals surface area contributed by atoms with Crippen molar-refractivity contribution in [1.29, 1.82) is 0 Å². The molecule has 0 aromatic heterocycles. The number of aryl methyl sites for hydroxylation is 2. The zero-order valence-electron chi connectivity index (χ0n) is 17.6. The first-order valence-corrected chi connectivity index (χ1v) is 9.26. The highest BCUT2D eigenvalue weighted by molar-refractivity contribution is 5.74. The van der Waals surface area contributed by atoms with Gasteiger partial charge in [-0.15, -0.1) is 0 Å². The normalized spacial score (nSPS) is 11.9. The highest BCUT2D eigenvalue weighted by Crippen LogP contribution is 2.37. The summed E-state index contributed by atoms with van der Waals surface area (Å²) >= 11 is 0. The molecule has 0 atom stereocenters. The average Bonchev–Trinajstić information content (AvgIpc) is 2.43. The van der Waals surface area contributed by atoms with E-state index in [1.165, 1.54) is 0 Å². The van der Waals surface area contributed by atoms with Gasteiger partial charge < -0.3 is 19.9 Å². The van der Waals surface area contributed by atoms with Crippen LogP contribution < -0.4 is 10.1 Å². The van der Waals surface area contributed by atoms with Crippen molar-refractivity contribution in [2.24, 2.45) is 0 Å². The average molecular weight is 379 g/mol. The molecule has 0 aliphatic rings. The number of esters is 1. The number of benzene rings is 1. The Kier molecular flexibility index (Phi) is 7.84. The van der Waals surface area contributed by atoms with Gasteiger partial charge in [-0.1, -0.05) is 19.9 Å². The van der Waals surface area contributed by atoms with E-state index in [0.29, 0.717) is 12.2 Å². The van der Waals surface area contributed by atoms with E-state index in [1.807, 2.05) is 39.8 Å². The van der Waals surface area contributed by atoms with E-state index in [9.17, 15) is 14.7 Å². The van der Waals surface area contributed by atoms with Crippen LogP contribution in [-0.2, 0) is 14.9 Å². The number of amides is 1. The Bertz CT molecular complexity index is 674. The number of alkyl carbamates (subject to hydrolysis) is 1. The van der Waals surface area contributed by atoms with Crippen LogP contribution >= 0.6 is 0 Å². The van der Waals surface area contributed by atoms with E-state index < -0.39 is 17.7 Å². The minimum absolute atomic E-state index is 0.0338. The van der Waals surface area contributed by atoms with E-state index in [0.717, 1.165) is 16.7 Å². The van der Waals surface area contributed by atoms with Crippen molar-refractivity contribution in [2.75, 3.05) is 13.2 Å². The first-order chi connectivity index (χ1) is 12.4. The highest BCUT2D eigenvalue weighted by atomic mass is 16.6. The molecule has 1 amide bonds. The first-order valence-electron chi connectivity index (χ1n) is 9.26. The lowest BCUT2D eigenvalue weighted by molar-refractivity contribution is -0.134. The van der Waals surface area contributed by atoms with Crippen molar-refractivity contribution >= 4 is 12.1 Å². The summed E-state index contributed by atoms with van der Waals surface area (Å²) in [6.45, 7) is 13.5. The second kappa shape index (κ2) is 9.22. The summed E-state index contributed by atoms with van der Waals surface area (Å²) in [5, 5.41) is 11.9. The third-order valence-corrected chi connectivity index (χ3v) is 4.08. The molecule has 1 aromatic carbocycles. The molecule has 0 unspecified atom stereocenters. The van der Waals surface area contributed by atoms with E-state index in [4.69, 9.17) is 9.47 Å². The smallest absolute Gasteiger partial charge is 0.407 e. The summed E-state index contributed by atoms with van der Waals surface area (Å²) < 4.78 is 10.7. The Labute approximate surface area is 162 Å². The molecule has 6 nitrogen and oxygen atoms in total. The number of carbonyl (C=O) groups excluding carboxylic acids is 2. The van der Waals surface area contributed by atoms with E-state index >= 15 is 0 Å². The first kappa shape index (κ1) is 23.0. The van der Waals surface area contributed by atoms with Crippen LogP contribution in [0, 0.1) is 13.8 Å². The maximum atomic E-state index is 12.3. The predicted octanol–water partition coefficient (Wildman–Crippen LogP) is 3.78. The van der Waals surface area contributed by atoms with Gasteiger partial charge in [0, 0.05) is 18.7 Å². The molecule has 1 aromatic rings. The van der Waals surface area contributed by atoms with Crippen LogP contribution in [0.15, 0.2) is 12.1 Å². The van der Waals surface area contributed by atoms with Crippen molar-refractivity contribution < 1.29 is 24.2 Å². The monoisotopic (exact) mass is 379 g/mol. The summed E-state index contributed by atoms with van der Waals surface area (Å²) in [4.78, 5) is 23.9. The summed E-state index contributed by atoms with van der Waals surface area (Å²) in [7, 11) is 0. The molecule has 0 bridgehead atoms. The zero-order chi connectivity index (χ0) is 20.8. The molecule has 27 heavy (non-hydrogen) atoms. The van der Waals surface area contributed by atoms with E-state index in [2.05, 4.69) is 5.32 Å². The molecule has 2 N–H and O–H groups in total. The minimum atomic E-state index is -0.586. The van der Waals surface area contributed by atoms with Crippen LogP contribution in [0.25, 0.3) is 0 Å². The molecule has 152 valence electrons. The van der Waals surface area contributed by atoms with Crippen molar-refractivity contribution in [3.63, 3.8) is 0 Å². The van der Waals surface area contributed by atoms with Crippen molar-refractivity contribution in [3.05, 3.63) is 28.8 Å². The van der Waals surface area contributed by atoms with Crippen LogP contribution in [-0.4, -0.2) is 35.9 Å². The fourth-order valence-corrected chi connectivity index (χ4v) is 3.04. The van der Waals surface area contributed by atoms with Gasteiger partial charge in [0.15, 0.2) is 0 Å². The largest absolute Gasteiger partial charge is 0.444 e. The molecular formula is C21H33NO5. The van der Waals surface area contributed by atoms with Crippen molar-refractivity contribution in [2.45, 2.75) is 72.3 Å². The van der Waals surface area contributed by atoms with Crippen molar-refractivity contribution in [1.82, 2.24) is 5.32 Å². The summed E-state index contributed by atoms with van der Waals surface area (Å²) in [5.74, 6) is 0.0744. The molecule has 1 rings (SSSR count). The third kappa shape index (κ3) is 7.59. The number of aliphatic hydroxyl groups excluding tert-OH is 1. The van der Waals surface area contributed by atoms with E-state index in [-0.39, 0.29) is 25.0 Å². The summed E-state index contributed by atoms with van der Waals surface area (Å²) in [5.41, 5.74) is 2.00. The summed E-state index contributed by atoms with van der Waals surface area (Å²) in [6, 6.07) is 3.87. The molecule has 0 saturated heterocycles. The Morgan fingerprint density at radius 1 is 1.11 bits per heavy atom. The Hall–Kier alpha value is -2.08. The maximum absolute atomic E-state index is 12.3. The van der Waals surface area contributed by atoms with Gasteiger partial charge in [0.05, 0.1) is 6.42 Å². The number of carbonyl (C=O) groups is 2. The molecule has 0 fully saturated rings. The molecule has 0 heterocycles. The van der Waals surface area contributed by atoms with Gasteiger partial charge in [0.25, 0.3) is 0 Å². The Morgan fingerprint density at radius 2 is 1.74 bits per heavy atom. The number of nitrogens with one attached hydrogen (secondary N) is 1. The fourth-order valence-electron chi connectivity index (χ4n) is 3.04. The molecule has 0 saturated carbocycles. The van der Waals surface area contributed by atoms with Crippen molar-refractivity contribution in [3.8, 4) is 5.75 Å². The lowest BCUT2D eigenvalue weighted by Crippen LogP contribution is -2.34. The number of hydrogen-bond acceptors (Lipinski definition) is 5. The zero-order valence-corrected chi connectivity index (χ0v) is 17.6. The number of ether oxygens (including phenoxy) is 2. The number of rotatable bonds is 7. The van der Waals surface area contributed by atoms with Gasteiger partial charge in [-0.25, -0.2) is 4.79 Å². The van der Waals surface area contributed by atoms with Gasteiger partial charge in [0.1, 0.15) is 11.4 Å². The van der Waals surface area contributed by atoms with Crippen LogP contribution in [0.5, 0.6) is 5.75 Å². The number of hydrogen-bond donors (Lipinski definition) is 2. The van der Waals surface area contributed by atoms with Crippen LogP contribution in [0.4, 0.5) is 4.79 Å². The van der Waals surface area contributed by atoms with Gasteiger partial charge in [-0.05, 0) is 63.6 Å². The van der Waals surface area contributed by atoms with Gasteiger partial charge in [-0.3, -0.25) is 4.79 Å². The van der Waals surface area contributed by atoms with Crippen LogP contribution in [0.1, 0.15) is 64.2 Å². The van der Waals surface area contributed by atoms with E-state index in [1.54, 1.807) is 20.8 Å². The third-order valence-electron chi connectivity index (χ3n) is 4.08. The van der Waals surface area contributed by atoms with Crippen LogP contribution in [0.3, 0.4) is 0 Å². The Balaban J connectivity index is 2.80. The quantitative estimate of drug-likeness (QED) is 0.556. The highest BCUT2D eigenvalue weighted by Gasteiger charge is 2.27. The SMILES string of the molecule is Cc1cc(C)c(C(C)(C)CCO)c(OC(=O)CCNC(=O)OC(C)(C)C)c1. The second-order valence-electron chi connectivity index (χ2n) is 8.47. The van der Waals surface area contributed by atoms with Gasteiger partial charge in [-0.2, -0.15) is 0 Å². The maximum Gasteiger partial charge on any atom is 0.407 e. The molecule has 0 aliphatic heterocycles. The predicted molar refractivity (Wildman–Crippen MR) is 105 cm³/mol. The molecular weight excluding hydrogens is 346 g/mol. The second-order valence-corrected chi connectivity index (χ2v) is 8.47.